The van der Waals surface area contributed by atoms with Crippen molar-refractivity contribution in [2.24, 2.45) is 11.0 Å². The van der Waals surface area contributed by atoms with Gasteiger partial charge >= 0.3 is 0 Å². The molecule has 144 valence electrons. The second-order valence-electron chi connectivity index (χ2n) is 7.32. The Balaban J connectivity index is 2.18. The molecule has 0 spiro atoms. The second-order valence-corrected chi connectivity index (χ2v) is 8.43. The van der Waals surface area contributed by atoms with E-state index in [4.69, 9.17) is 0 Å². The summed E-state index contributed by atoms with van der Waals surface area (Å²) in [5.41, 5.74) is 7.41. The van der Waals surface area contributed by atoms with Gasteiger partial charge in [0.25, 0.3) is 0 Å². The molecule has 1 aromatic rings. The van der Waals surface area contributed by atoms with Crippen LogP contribution >= 0.6 is 11.8 Å². The Morgan fingerprint density at radius 3 is 2.59 bits per heavy atom. The van der Waals surface area contributed by atoms with Crippen LogP contribution in [0.5, 0.6) is 0 Å². The van der Waals surface area contributed by atoms with Gasteiger partial charge in [0.2, 0.25) is 0 Å². The number of rotatable bonds is 3. The average Bonchev–Trinajstić information content (AvgIpc) is 2.61. The van der Waals surface area contributed by atoms with Gasteiger partial charge < -0.3 is 10.5 Å². The Morgan fingerprint density at radius 2 is 1.96 bits per heavy atom. The Bertz CT molecular complexity index is 851. The predicted octanol–water partition coefficient (Wildman–Crippen LogP) is 3.95. The molecular formula is C21H26N2O3S. The number of hydrazone groups is 1. The number of hydrogen-bond acceptors (Lipinski definition) is 6. The molecule has 1 aliphatic heterocycles. The highest BCUT2D eigenvalue weighted by Gasteiger charge is 2.33. The molecule has 3 rings (SSSR count). The fourth-order valence-electron chi connectivity index (χ4n) is 3.80. The third kappa shape index (κ3) is 3.68. The van der Waals surface area contributed by atoms with E-state index >= 15 is 0 Å². The lowest BCUT2D eigenvalue weighted by Crippen LogP contribution is -2.26. The molecule has 2 N–H and O–H groups in total. The smallest absolute Gasteiger partial charge is 0.170 e. The van der Waals surface area contributed by atoms with E-state index in [1.807, 2.05) is 33.8 Å². The molecule has 1 aliphatic carbocycles. The number of Topliss-reactive ketones (excluding diaryl/α,β-unsaturated/α-hetero) is 2. The number of fused-ring (bicyclic) bond motifs is 1. The van der Waals surface area contributed by atoms with Gasteiger partial charge in [-0.2, -0.15) is 5.10 Å². The lowest BCUT2D eigenvalue weighted by molar-refractivity contribution is -0.125. The van der Waals surface area contributed by atoms with Crippen molar-refractivity contribution in [3.63, 3.8) is 0 Å². The fraction of sp³-hybridized carbons (Fsp3) is 0.476. The van der Waals surface area contributed by atoms with Crippen LogP contribution < -0.4 is 5.43 Å². The highest BCUT2D eigenvalue weighted by molar-refractivity contribution is 7.99. The van der Waals surface area contributed by atoms with Gasteiger partial charge in [0, 0.05) is 47.6 Å². The minimum absolute atomic E-state index is 0.0307. The SMILES string of the molecule is CCNN=C1CCSc2c(C)cc(C(O)=C3C(=O)CC(C)CC3=O)c(C)c21. The van der Waals surface area contributed by atoms with Crippen molar-refractivity contribution >= 4 is 34.8 Å². The first-order valence-electron chi connectivity index (χ1n) is 9.41. The molecule has 1 aromatic carbocycles. The van der Waals surface area contributed by atoms with Gasteiger partial charge in [-0.25, -0.2) is 0 Å². The van der Waals surface area contributed by atoms with Crippen molar-refractivity contribution in [2.75, 3.05) is 12.3 Å². The van der Waals surface area contributed by atoms with Crippen LogP contribution in [0.15, 0.2) is 21.6 Å². The summed E-state index contributed by atoms with van der Waals surface area (Å²) in [6, 6.07) is 1.89. The number of nitrogens with one attached hydrogen (secondary N) is 1. The summed E-state index contributed by atoms with van der Waals surface area (Å²) in [6.45, 7) is 8.54. The maximum atomic E-state index is 12.4. The number of aliphatic hydroxyl groups is 1. The third-order valence-corrected chi connectivity index (χ3v) is 6.31. The number of benzene rings is 1. The molecule has 5 nitrogen and oxygen atoms in total. The van der Waals surface area contributed by atoms with Crippen LogP contribution in [0, 0.1) is 19.8 Å². The molecule has 0 atom stereocenters. The summed E-state index contributed by atoms with van der Waals surface area (Å²) in [6.07, 6.45) is 1.44. The van der Waals surface area contributed by atoms with Crippen molar-refractivity contribution in [3.05, 3.63) is 33.9 Å². The summed E-state index contributed by atoms with van der Waals surface area (Å²) in [5, 5.41) is 15.4. The van der Waals surface area contributed by atoms with Gasteiger partial charge in [-0.1, -0.05) is 6.92 Å². The van der Waals surface area contributed by atoms with E-state index in [1.54, 1.807) is 11.8 Å². The van der Waals surface area contributed by atoms with Crippen LogP contribution in [-0.2, 0) is 9.59 Å². The lowest BCUT2D eigenvalue weighted by Gasteiger charge is -2.25. The number of allylic oxidation sites excluding steroid dienone is 1. The van der Waals surface area contributed by atoms with Crippen molar-refractivity contribution in [1.82, 2.24) is 5.43 Å². The number of carbonyl (C=O) groups excluding carboxylic acids is 2. The Hall–Kier alpha value is -2.08. The van der Waals surface area contributed by atoms with Crippen LogP contribution in [0.25, 0.3) is 5.76 Å². The molecule has 27 heavy (non-hydrogen) atoms. The van der Waals surface area contributed by atoms with Crippen LogP contribution in [0.4, 0.5) is 0 Å². The average molecular weight is 387 g/mol. The van der Waals surface area contributed by atoms with E-state index in [2.05, 4.69) is 10.5 Å². The fourth-order valence-corrected chi connectivity index (χ4v) is 5.00. The van der Waals surface area contributed by atoms with Crippen molar-refractivity contribution in [3.8, 4) is 0 Å². The Kier molecular flexibility index (Phi) is 5.75. The van der Waals surface area contributed by atoms with Gasteiger partial charge in [-0.05, 0) is 43.9 Å². The predicted molar refractivity (Wildman–Crippen MR) is 109 cm³/mol. The summed E-state index contributed by atoms with van der Waals surface area (Å²) < 4.78 is 0. The number of aliphatic hydroxyl groups excluding tert-OH is 1. The van der Waals surface area contributed by atoms with Crippen molar-refractivity contribution < 1.29 is 14.7 Å². The quantitative estimate of drug-likeness (QED) is 0.356. The number of nitrogens with zero attached hydrogens (tertiary/aromatic N) is 1. The minimum Gasteiger partial charge on any atom is -0.506 e. The van der Waals surface area contributed by atoms with Gasteiger partial charge in [0.1, 0.15) is 11.3 Å². The molecule has 1 fully saturated rings. The van der Waals surface area contributed by atoms with Gasteiger partial charge in [0.15, 0.2) is 11.6 Å². The normalized spacial score (nSPS) is 21.4. The molecule has 0 unspecified atom stereocenters. The Labute approximate surface area is 164 Å². The summed E-state index contributed by atoms with van der Waals surface area (Å²) in [5.74, 6) is 0.282. The first-order valence-corrected chi connectivity index (χ1v) is 10.4. The molecular weight excluding hydrogens is 360 g/mol. The number of thioether (sulfide) groups is 1. The van der Waals surface area contributed by atoms with E-state index in [1.165, 1.54) is 0 Å². The second kappa shape index (κ2) is 7.89. The zero-order valence-electron chi connectivity index (χ0n) is 16.3. The molecule has 0 saturated heterocycles. The number of aryl methyl sites for hydroxylation is 1. The van der Waals surface area contributed by atoms with Crippen LogP contribution in [0.3, 0.4) is 0 Å². The molecule has 0 radical (unpaired) electrons. The first kappa shape index (κ1) is 19.7. The molecule has 0 bridgehead atoms. The van der Waals surface area contributed by atoms with Gasteiger partial charge in [-0.15, -0.1) is 11.8 Å². The van der Waals surface area contributed by atoms with Gasteiger partial charge in [-0.3, -0.25) is 9.59 Å². The summed E-state index contributed by atoms with van der Waals surface area (Å²) >= 11 is 1.78. The van der Waals surface area contributed by atoms with E-state index in [-0.39, 0.29) is 28.8 Å². The van der Waals surface area contributed by atoms with Gasteiger partial charge in [0.05, 0.1) is 5.71 Å². The first-order chi connectivity index (χ1) is 12.8. The Morgan fingerprint density at radius 1 is 1.30 bits per heavy atom. The minimum atomic E-state index is -0.262. The van der Waals surface area contributed by atoms with Crippen LogP contribution in [0.2, 0.25) is 0 Å². The highest BCUT2D eigenvalue weighted by Crippen LogP contribution is 2.39. The number of hydrogen-bond donors (Lipinski definition) is 2. The van der Waals surface area contributed by atoms with Crippen LogP contribution in [0.1, 0.15) is 55.4 Å². The maximum Gasteiger partial charge on any atom is 0.170 e. The standard InChI is InChI=1S/C21H26N2O3S/c1-5-22-23-15-6-7-27-21-12(3)10-14(13(4)18(15)21)20(26)19-16(24)8-11(2)9-17(19)25/h10-11,22,26H,5-9H2,1-4H3. The van der Waals surface area contributed by atoms with E-state index < -0.39 is 0 Å². The molecule has 2 aliphatic rings. The van der Waals surface area contributed by atoms with E-state index in [9.17, 15) is 14.7 Å². The summed E-state index contributed by atoms with van der Waals surface area (Å²) in [7, 11) is 0. The monoisotopic (exact) mass is 386 g/mol. The van der Waals surface area contributed by atoms with E-state index in [0.717, 1.165) is 46.0 Å². The molecule has 6 heteroatoms. The molecule has 0 amide bonds. The maximum absolute atomic E-state index is 12.4. The molecule has 0 aromatic heterocycles. The van der Waals surface area contributed by atoms with Crippen LogP contribution in [-0.4, -0.2) is 34.7 Å². The van der Waals surface area contributed by atoms with E-state index in [0.29, 0.717) is 18.4 Å². The zero-order valence-corrected chi connectivity index (χ0v) is 17.1. The molecule has 1 heterocycles. The zero-order chi connectivity index (χ0) is 19.7. The summed E-state index contributed by atoms with van der Waals surface area (Å²) in [4.78, 5) is 26.0. The third-order valence-electron chi connectivity index (χ3n) is 5.09. The number of carbonyl (C=O) groups is 2. The van der Waals surface area contributed by atoms with Crippen molar-refractivity contribution in [1.29, 1.82) is 0 Å². The largest absolute Gasteiger partial charge is 0.506 e. The number of ketones is 2. The molecule has 1 saturated carbocycles. The lowest BCUT2D eigenvalue weighted by atomic mass is 9.82. The van der Waals surface area contributed by atoms with Crippen molar-refractivity contribution in [2.45, 2.75) is 51.9 Å². The topological polar surface area (TPSA) is 78.8 Å². The highest BCUT2D eigenvalue weighted by atomic mass is 32.2.